The standard InChI is InChI=1S/C19H23ClN4O/c1-15(14-16-6-2-3-7-17(16)20)22-19(25)24-12-10-23(11-13-24)18-8-4-5-9-21-18/h2-9,15H,10-14H2,1H3,(H,22,25). The Hall–Kier alpha value is -2.27. The molecular formula is C19H23ClN4O. The monoisotopic (exact) mass is 358 g/mol. The molecule has 132 valence electrons. The third-order valence-electron chi connectivity index (χ3n) is 4.39. The molecule has 1 unspecified atom stereocenters. The minimum absolute atomic E-state index is 0.0137. The Labute approximate surface area is 153 Å². The Morgan fingerprint density at radius 3 is 2.56 bits per heavy atom. The Balaban J connectivity index is 1.48. The first-order valence-electron chi connectivity index (χ1n) is 8.58. The van der Waals surface area contributed by atoms with E-state index < -0.39 is 0 Å². The summed E-state index contributed by atoms with van der Waals surface area (Å²) in [6, 6.07) is 13.7. The topological polar surface area (TPSA) is 48.5 Å². The number of urea groups is 1. The molecule has 6 heteroatoms. The van der Waals surface area contributed by atoms with Gasteiger partial charge in [0, 0.05) is 43.4 Å². The van der Waals surface area contributed by atoms with E-state index in [1.807, 2.05) is 54.3 Å². The summed E-state index contributed by atoms with van der Waals surface area (Å²) in [7, 11) is 0. The largest absolute Gasteiger partial charge is 0.353 e. The van der Waals surface area contributed by atoms with E-state index in [4.69, 9.17) is 11.6 Å². The second-order valence-electron chi connectivity index (χ2n) is 6.31. The number of amides is 2. The highest BCUT2D eigenvalue weighted by atomic mass is 35.5. The van der Waals surface area contributed by atoms with Crippen LogP contribution in [0, 0.1) is 0 Å². The molecule has 1 fully saturated rings. The van der Waals surface area contributed by atoms with Crippen molar-refractivity contribution in [3.05, 3.63) is 59.2 Å². The number of benzene rings is 1. The average molecular weight is 359 g/mol. The lowest BCUT2D eigenvalue weighted by Crippen LogP contribution is -2.53. The van der Waals surface area contributed by atoms with Gasteiger partial charge in [-0.2, -0.15) is 0 Å². The molecule has 1 aliphatic rings. The number of halogens is 1. The van der Waals surface area contributed by atoms with E-state index in [-0.39, 0.29) is 12.1 Å². The highest BCUT2D eigenvalue weighted by molar-refractivity contribution is 6.31. The van der Waals surface area contributed by atoms with Gasteiger partial charge in [-0.05, 0) is 37.1 Å². The molecule has 1 aromatic carbocycles. The summed E-state index contributed by atoms with van der Waals surface area (Å²) in [6.45, 7) is 4.99. The maximum absolute atomic E-state index is 12.5. The van der Waals surface area contributed by atoms with Gasteiger partial charge in [0.25, 0.3) is 0 Å². The second kappa shape index (κ2) is 8.21. The molecule has 2 amide bonds. The van der Waals surface area contributed by atoms with Crippen LogP contribution in [0.25, 0.3) is 0 Å². The number of nitrogens with zero attached hydrogens (tertiary/aromatic N) is 3. The molecule has 0 aliphatic carbocycles. The Morgan fingerprint density at radius 2 is 1.88 bits per heavy atom. The molecule has 1 aromatic heterocycles. The van der Waals surface area contributed by atoms with E-state index in [0.717, 1.165) is 35.9 Å². The summed E-state index contributed by atoms with van der Waals surface area (Å²) in [6.07, 6.45) is 2.52. The second-order valence-corrected chi connectivity index (χ2v) is 6.72. The van der Waals surface area contributed by atoms with Crippen LogP contribution in [-0.2, 0) is 6.42 Å². The number of carbonyl (C=O) groups excluding carboxylic acids is 1. The molecule has 25 heavy (non-hydrogen) atoms. The van der Waals surface area contributed by atoms with Crippen molar-refractivity contribution in [2.45, 2.75) is 19.4 Å². The van der Waals surface area contributed by atoms with E-state index >= 15 is 0 Å². The molecule has 0 saturated carbocycles. The third-order valence-corrected chi connectivity index (χ3v) is 4.76. The Morgan fingerprint density at radius 1 is 1.16 bits per heavy atom. The van der Waals surface area contributed by atoms with Gasteiger partial charge in [-0.15, -0.1) is 0 Å². The maximum Gasteiger partial charge on any atom is 0.317 e. The number of anilines is 1. The maximum atomic E-state index is 12.5. The van der Waals surface area contributed by atoms with Gasteiger partial charge in [-0.1, -0.05) is 35.9 Å². The lowest BCUT2D eigenvalue weighted by atomic mass is 10.1. The summed E-state index contributed by atoms with van der Waals surface area (Å²) < 4.78 is 0. The molecule has 3 rings (SSSR count). The van der Waals surface area contributed by atoms with Crippen molar-refractivity contribution in [1.29, 1.82) is 0 Å². The molecule has 1 aliphatic heterocycles. The normalized spacial score (nSPS) is 15.8. The van der Waals surface area contributed by atoms with Crippen LogP contribution in [0.5, 0.6) is 0 Å². The lowest BCUT2D eigenvalue weighted by Gasteiger charge is -2.35. The van der Waals surface area contributed by atoms with E-state index in [1.54, 1.807) is 6.20 Å². The zero-order valence-electron chi connectivity index (χ0n) is 14.4. The average Bonchev–Trinajstić information content (AvgIpc) is 2.64. The number of piperazine rings is 1. The SMILES string of the molecule is CC(Cc1ccccc1Cl)NC(=O)N1CCN(c2ccccn2)CC1. The van der Waals surface area contributed by atoms with Crippen molar-refractivity contribution in [3.63, 3.8) is 0 Å². The van der Waals surface area contributed by atoms with Gasteiger partial charge in [0.05, 0.1) is 0 Å². The van der Waals surface area contributed by atoms with Crippen LogP contribution < -0.4 is 10.2 Å². The van der Waals surface area contributed by atoms with Crippen LogP contribution in [0.1, 0.15) is 12.5 Å². The predicted molar refractivity (Wildman–Crippen MR) is 101 cm³/mol. The van der Waals surface area contributed by atoms with Gasteiger partial charge in [-0.25, -0.2) is 9.78 Å². The zero-order valence-corrected chi connectivity index (χ0v) is 15.1. The summed E-state index contributed by atoms with van der Waals surface area (Å²) in [4.78, 5) is 20.9. The van der Waals surface area contributed by atoms with E-state index in [2.05, 4.69) is 15.2 Å². The van der Waals surface area contributed by atoms with Crippen molar-refractivity contribution in [2.75, 3.05) is 31.1 Å². The fourth-order valence-corrected chi connectivity index (χ4v) is 3.24. The number of hydrogen-bond donors (Lipinski definition) is 1. The zero-order chi connectivity index (χ0) is 17.6. The minimum Gasteiger partial charge on any atom is -0.353 e. The van der Waals surface area contributed by atoms with Crippen LogP contribution in [0.2, 0.25) is 5.02 Å². The van der Waals surface area contributed by atoms with Gasteiger partial charge in [0.1, 0.15) is 5.82 Å². The van der Waals surface area contributed by atoms with E-state index in [9.17, 15) is 4.79 Å². The third kappa shape index (κ3) is 4.63. The summed E-state index contributed by atoms with van der Waals surface area (Å²) >= 11 is 6.19. The molecule has 5 nitrogen and oxygen atoms in total. The predicted octanol–water partition coefficient (Wildman–Crippen LogP) is 3.20. The van der Waals surface area contributed by atoms with E-state index in [0.29, 0.717) is 13.1 Å². The molecule has 0 bridgehead atoms. The molecule has 2 heterocycles. The van der Waals surface area contributed by atoms with Gasteiger partial charge in [0.2, 0.25) is 0 Å². The first-order chi connectivity index (χ1) is 12.1. The summed E-state index contributed by atoms with van der Waals surface area (Å²) in [5.41, 5.74) is 1.05. The summed E-state index contributed by atoms with van der Waals surface area (Å²) in [5, 5.41) is 3.82. The fourth-order valence-electron chi connectivity index (χ4n) is 3.03. The molecule has 0 spiro atoms. The number of rotatable bonds is 4. The first-order valence-corrected chi connectivity index (χ1v) is 8.96. The fraction of sp³-hybridized carbons (Fsp3) is 0.368. The number of aromatic nitrogens is 1. The number of pyridine rings is 1. The van der Waals surface area contributed by atoms with Crippen LogP contribution in [-0.4, -0.2) is 48.1 Å². The van der Waals surface area contributed by atoms with Crippen LogP contribution >= 0.6 is 11.6 Å². The Kier molecular flexibility index (Phi) is 5.76. The van der Waals surface area contributed by atoms with Crippen LogP contribution in [0.3, 0.4) is 0 Å². The van der Waals surface area contributed by atoms with E-state index in [1.165, 1.54) is 0 Å². The van der Waals surface area contributed by atoms with Crippen molar-refractivity contribution >= 4 is 23.4 Å². The minimum atomic E-state index is -0.0137. The smallest absolute Gasteiger partial charge is 0.317 e. The number of hydrogen-bond acceptors (Lipinski definition) is 3. The molecular weight excluding hydrogens is 336 g/mol. The van der Waals surface area contributed by atoms with Crippen molar-refractivity contribution < 1.29 is 4.79 Å². The van der Waals surface area contributed by atoms with Crippen LogP contribution in [0.15, 0.2) is 48.7 Å². The Bertz CT molecular complexity index is 702. The molecule has 1 atom stereocenters. The molecule has 1 saturated heterocycles. The van der Waals surface area contributed by atoms with Crippen LogP contribution in [0.4, 0.5) is 10.6 Å². The van der Waals surface area contributed by atoms with Gasteiger partial charge in [0.15, 0.2) is 0 Å². The van der Waals surface area contributed by atoms with Gasteiger partial charge in [-0.3, -0.25) is 0 Å². The highest BCUT2D eigenvalue weighted by Crippen LogP contribution is 2.17. The van der Waals surface area contributed by atoms with Gasteiger partial charge >= 0.3 is 6.03 Å². The number of carbonyl (C=O) groups is 1. The molecule has 2 aromatic rings. The quantitative estimate of drug-likeness (QED) is 0.913. The summed E-state index contributed by atoms with van der Waals surface area (Å²) in [5.74, 6) is 0.967. The van der Waals surface area contributed by atoms with Gasteiger partial charge < -0.3 is 15.1 Å². The van der Waals surface area contributed by atoms with Crippen molar-refractivity contribution in [3.8, 4) is 0 Å². The number of nitrogens with one attached hydrogen (secondary N) is 1. The molecule has 1 N–H and O–H groups in total. The lowest BCUT2D eigenvalue weighted by molar-refractivity contribution is 0.191. The van der Waals surface area contributed by atoms with Crippen molar-refractivity contribution in [1.82, 2.24) is 15.2 Å². The highest BCUT2D eigenvalue weighted by Gasteiger charge is 2.22. The van der Waals surface area contributed by atoms with Crippen molar-refractivity contribution in [2.24, 2.45) is 0 Å². The molecule has 0 radical (unpaired) electrons. The first kappa shape index (κ1) is 17.5.